The van der Waals surface area contributed by atoms with E-state index in [0.29, 0.717) is 37.3 Å². The van der Waals surface area contributed by atoms with Gasteiger partial charge in [-0.3, -0.25) is 24.6 Å². The van der Waals surface area contributed by atoms with Gasteiger partial charge in [0.25, 0.3) is 5.69 Å². The molecule has 15 heteroatoms. The summed E-state index contributed by atoms with van der Waals surface area (Å²) in [4.78, 5) is 75.2. The number of hydrogen-bond donors (Lipinski definition) is 2. The quantitative estimate of drug-likeness (QED) is 0.141. The maximum atomic E-state index is 14.9. The number of amides is 3. The summed E-state index contributed by atoms with van der Waals surface area (Å²) in [6.45, 7) is 7.36. The zero-order valence-electron chi connectivity index (χ0n) is 31.6. The van der Waals surface area contributed by atoms with Gasteiger partial charge >= 0.3 is 12.1 Å². The van der Waals surface area contributed by atoms with E-state index in [0.717, 1.165) is 10.8 Å². The van der Waals surface area contributed by atoms with E-state index < -0.39 is 58.1 Å². The molecule has 3 aromatic rings. The fourth-order valence-electron chi connectivity index (χ4n) is 7.32. The van der Waals surface area contributed by atoms with E-state index >= 15 is 0 Å². The van der Waals surface area contributed by atoms with Gasteiger partial charge in [0.15, 0.2) is 0 Å². The second-order valence-electron chi connectivity index (χ2n) is 15.2. The maximum Gasteiger partial charge on any atom is 0.408 e. The molecule has 0 bridgehead atoms. The molecule has 55 heavy (non-hydrogen) atoms. The van der Waals surface area contributed by atoms with Gasteiger partial charge in [-0.05, 0) is 71.0 Å². The number of carbonyl (C=O) groups excluding carboxylic acids is 4. The van der Waals surface area contributed by atoms with E-state index in [-0.39, 0.29) is 44.3 Å². The Morgan fingerprint density at radius 1 is 1.09 bits per heavy atom. The van der Waals surface area contributed by atoms with Gasteiger partial charge in [-0.1, -0.05) is 48.6 Å². The number of carbonyl (C=O) groups is 4. The number of para-hydroxylation sites is 1. The van der Waals surface area contributed by atoms with E-state index in [1.165, 1.54) is 11.0 Å². The summed E-state index contributed by atoms with van der Waals surface area (Å²) in [5.74, 6) is -1.67. The molecule has 292 valence electrons. The van der Waals surface area contributed by atoms with Crippen LogP contribution in [0.5, 0.6) is 5.88 Å². The molecule has 2 aliphatic heterocycles. The van der Waals surface area contributed by atoms with Crippen molar-refractivity contribution in [3.05, 3.63) is 88.6 Å². The first-order valence-electron chi connectivity index (χ1n) is 18.7. The van der Waals surface area contributed by atoms with Crippen molar-refractivity contribution in [3.8, 4) is 5.88 Å². The van der Waals surface area contributed by atoms with Crippen molar-refractivity contribution < 1.29 is 38.3 Å². The highest BCUT2D eigenvalue weighted by Crippen LogP contribution is 2.46. The van der Waals surface area contributed by atoms with Gasteiger partial charge in [0.2, 0.25) is 17.7 Å². The van der Waals surface area contributed by atoms with Gasteiger partial charge in [-0.25, -0.2) is 14.6 Å². The van der Waals surface area contributed by atoms with Crippen LogP contribution in [0.2, 0.25) is 0 Å². The van der Waals surface area contributed by atoms with Crippen molar-refractivity contribution in [2.24, 2.45) is 5.92 Å². The Morgan fingerprint density at radius 3 is 2.62 bits per heavy atom. The highest BCUT2D eigenvalue weighted by Gasteiger charge is 2.62. The Balaban J connectivity index is 1.38. The number of aromatic nitrogens is 1. The number of pyridine rings is 1. The van der Waals surface area contributed by atoms with Crippen molar-refractivity contribution in [2.45, 2.75) is 89.3 Å². The fourth-order valence-corrected chi connectivity index (χ4v) is 7.32. The molecule has 1 aliphatic carbocycles. The monoisotopic (exact) mass is 756 g/mol. The Morgan fingerprint density at radius 2 is 1.85 bits per heavy atom. The van der Waals surface area contributed by atoms with Crippen molar-refractivity contribution in [2.75, 3.05) is 26.2 Å². The molecule has 3 amide bonds. The summed E-state index contributed by atoms with van der Waals surface area (Å²) in [6.07, 6.45) is 5.54. The zero-order valence-corrected chi connectivity index (χ0v) is 31.6. The van der Waals surface area contributed by atoms with Crippen LogP contribution in [0.1, 0.15) is 58.9 Å². The third kappa shape index (κ3) is 9.22. The second-order valence-corrected chi connectivity index (χ2v) is 15.2. The van der Waals surface area contributed by atoms with Crippen molar-refractivity contribution in [3.63, 3.8) is 0 Å². The van der Waals surface area contributed by atoms with E-state index in [1.807, 2.05) is 47.4 Å². The van der Waals surface area contributed by atoms with Crippen LogP contribution in [0.15, 0.2) is 72.9 Å². The van der Waals surface area contributed by atoms with Crippen LogP contribution in [0.25, 0.3) is 10.8 Å². The lowest BCUT2D eigenvalue weighted by Crippen LogP contribution is -2.59. The molecule has 1 saturated heterocycles. The molecule has 1 saturated carbocycles. The number of benzene rings is 2. The van der Waals surface area contributed by atoms with Crippen LogP contribution in [-0.4, -0.2) is 99.2 Å². The molecule has 1 aromatic heterocycles. The summed E-state index contributed by atoms with van der Waals surface area (Å²) in [5.41, 5.74) is -1.80. The van der Waals surface area contributed by atoms with Crippen LogP contribution in [0.3, 0.4) is 0 Å². The summed E-state index contributed by atoms with van der Waals surface area (Å²) < 4.78 is 17.4. The number of nitro benzene ring substituents is 1. The third-order valence-electron chi connectivity index (χ3n) is 9.99. The number of fused-ring (bicyclic) bond motifs is 3. The number of allylic oxidation sites excluding steroid dienone is 1. The van der Waals surface area contributed by atoms with Crippen LogP contribution < -0.4 is 15.4 Å². The predicted molar refractivity (Wildman–Crippen MR) is 202 cm³/mol. The van der Waals surface area contributed by atoms with Crippen molar-refractivity contribution in [1.29, 1.82) is 0 Å². The highest BCUT2D eigenvalue weighted by molar-refractivity contribution is 5.96. The first kappa shape index (κ1) is 39.1. The SMILES string of the molecule is CCOC(=O)[C@@]12C[C@H]1/C=C\CCCN(Cc1ccccc1[N+](=O)[O-])C[C@H](NC(=O)OC(C)(C)C)C(=O)N1C[C@H](Oc3nccc4ccccc34)C[C@H]1C(=O)N2. The first-order chi connectivity index (χ1) is 26.3. The smallest absolute Gasteiger partial charge is 0.408 e. The first-order valence-corrected chi connectivity index (χ1v) is 18.7. The molecular weight excluding hydrogens is 708 g/mol. The lowest BCUT2D eigenvalue weighted by atomic mass is 10.1. The normalized spacial score (nSPS) is 25.3. The minimum absolute atomic E-state index is 0.0335. The molecule has 15 nitrogen and oxygen atoms in total. The fraction of sp³-hybridized carbons (Fsp3) is 0.475. The van der Waals surface area contributed by atoms with Gasteiger partial charge in [0, 0.05) is 48.6 Å². The molecule has 2 N–H and O–H groups in total. The topological polar surface area (TPSA) is 183 Å². The highest BCUT2D eigenvalue weighted by atomic mass is 16.6. The van der Waals surface area contributed by atoms with E-state index in [1.54, 1.807) is 52.1 Å². The number of rotatable bonds is 8. The Labute approximate surface area is 319 Å². The zero-order chi connectivity index (χ0) is 39.3. The molecule has 2 aromatic carbocycles. The Hall–Kier alpha value is -5.57. The molecule has 6 rings (SSSR count). The molecule has 3 aliphatic rings. The van der Waals surface area contributed by atoms with E-state index in [2.05, 4.69) is 15.6 Å². The average molecular weight is 757 g/mol. The van der Waals surface area contributed by atoms with Crippen molar-refractivity contribution >= 4 is 40.3 Å². The standard InChI is InChI=1S/C40H48N6O9/c1-5-53-37(49)40-22-28(40)15-7-6-12-20-44(23-27-14-9-11-17-32(27)46(51)52)25-31(42-38(50)55-39(2,3)4)36(48)45-24-29(21-33(45)34(47)43-40)54-35-30-16-10-8-13-26(30)18-19-41-35/h7-11,13-19,28-29,31,33H,5-6,12,20-25H2,1-4H3,(H,42,50)(H,43,47)/b15-7-/t28-,29-,31+,33+,40-/m1/s1. The largest absolute Gasteiger partial charge is 0.472 e. The number of esters is 1. The molecule has 2 fully saturated rings. The lowest BCUT2D eigenvalue weighted by Gasteiger charge is -2.33. The minimum Gasteiger partial charge on any atom is -0.472 e. The molecule has 0 unspecified atom stereocenters. The average Bonchev–Trinajstić information content (AvgIpc) is 3.66. The second kappa shape index (κ2) is 16.4. The number of alkyl carbamates (subject to hydrolysis) is 1. The van der Waals surface area contributed by atoms with Crippen molar-refractivity contribution in [1.82, 2.24) is 25.4 Å². The Kier molecular flexibility index (Phi) is 11.7. The summed E-state index contributed by atoms with van der Waals surface area (Å²) in [6, 6.07) is 13.5. The van der Waals surface area contributed by atoms with Gasteiger partial charge in [-0.15, -0.1) is 0 Å². The predicted octanol–water partition coefficient (Wildman–Crippen LogP) is 4.67. The van der Waals surface area contributed by atoms with E-state index in [9.17, 15) is 29.3 Å². The third-order valence-corrected chi connectivity index (χ3v) is 9.99. The maximum absolute atomic E-state index is 14.9. The van der Waals surface area contributed by atoms with Crippen LogP contribution in [0, 0.1) is 16.0 Å². The minimum atomic E-state index is -1.29. The molecule has 3 heterocycles. The molecular formula is C40H48N6O9. The van der Waals surface area contributed by atoms with Gasteiger partial charge in [0.1, 0.15) is 29.3 Å². The molecule has 5 atom stereocenters. The van der Waals surface area contributed by atoms with Gasteiger partial charge in [-0.2, -0.15) is 0 Å². The van der Waals surface area contributed by atoms with Crippen LogP contribution >= 0.6 is 0 Å². The summed E-state index contributed by atoms with van der Waals surface area (Å²) >= 11 is 0. The van der Waals surface area contributed by atoms with Gasteiger partial charge < -0.3 is 29.7 Å². The number of nitro groups is 1. The van der Waals surface area contributed by atoms with Crippen LogP contribution in [0.4, 0.5) is 10.5 Å². The number of ether oxygens (including phenoxy) is 3. The van der Waals surface area contributed by atoms with Crippen LogP contribution in [-0.2, 0) is 30.4 Å². The molecule has 0 radical (unpaired) electrons. The number of hydrogen-bond acceptors (Lipinski definition) is 11. The summed E-state index contributed by atoms with van der Waals surface area (Å²) in [7, 11) is 0. The lowest BCUT2D eigenvalue weighted by molar-refractivity contribution is -0.385. The summed E-state index contributed by atoms with van der Waals surface area (Å²) in [5, 5.41) is 19.3. The number of nitrogens with zero attached hydrogens (tertiary/aromatic N) is 4. The molecule has 0 spiro atoms. The number of nitrogens with one attached hydrogen (secondary N) is 2. The van der Waals surface area contributed by atoms with Gasteiger partial charge in [0.05, 0.1) is 18.1 Å². The van der Waals surface area contributed by atoms with E-state index in [4.69, 9.17) is 14.2 Å². The Bertz CT molecular complexity index is 1960.